The van der Waals surface area contributed by atoms with Gasteiger partial charge in [0.05, 0.1) is 26.4 Å². The van der Waals surface area contributed by atoms with E-state index in [9.17, 15) is 9.59 Å². The van der Waals surface area contributed by atoms with E-state index >= 15 is 0 Å². The highest BCUT2D eigenvalue weighted by Gasteiger charge is 2.40. The van der Waals surface area contributed by atoms with Gasteiger partial charge in [-0.25, -0.2) is 0 Å². The van der Waals surface area contributed by atoms with Gasteiger partial charge >= 0.3 is 0 Å². The second kappa shape index (κ2) is 24.8. The molecule has 6 nitrogen and oxygen atoms in total. The van der Waals surface area contributed by atoms with Crippen molar-refractivity contribution in [2.45, 2.75) is 156 Å². The van der Waals surface area contributed by atoms with Crippen LogP contribution in [-0.4, -0.2) is 38.0 Å². The number of ketones is 2. The lowest BCUT2D eigenvalue weighted by Gasteiger charge is -2.24. The third-order valence-corrected chi connectivity index (χ3v) is 7.21. The van der Waals surface area contributed by atoms with Crippen molar-refractivity contribution in [2.75, 3.05) is 26.4 Å². The topological polar surface area (TPSA) is 71.1 Å². The minimum atomic E-state index is -0.427. The van der Waals surface area contributed by atoms with Gasteiger partial charge in [-0.2, -0.15) is 0 Å². The number of hydrogen-bond acceptors (Lipinski definition) is 6. The quantitative estimate of drug-likeness (QED) is 0.0696. The van der Waals surface area contributed by atoms with Gasteiger partial charge < -0.3 is 18.9 Å². The van der Waals surface area contributed by atoms with E-state index in [1.165, 1.54) is 51.4 Å². The summed E-state index contributed by atoms with van der Waals surface area (Å²) >= 11 is 0. The molecular weight excluding hydrogens is 504 g/mol. The fourth-order valence-electron chi connectivity index (χ4n) is 4.66. The van der Waals surface area contributed by atoms with E-state index in [1.54, 1.807) is 0 Å². The van der Waals surface area contributed by atoms with Crippen molar-refractivity contribution in [2.24, 2.45) is 0 Å². The SMILES string of the molecule is CCCCCCCOC1=C(OCCCCCCC)C(=O)C(OCCCCCCC)=C(OCCCCCCC)C1=O. The Morgan fingerprint density at radius 3 is 0.725 bits per heavy atom. The third kappa shape index (κ3) is 15.1. The Hall–Kier alpha value is -1.98. The zero-order chi connectivity index (χ0) is 29.3. The molecule has 6 heteroatoms. The Bertz CT molecular complexity index is 621. The van der Waals surface area contributed by atoms with Crippen molar-refractivity contribution in [3.05, 3.63) is 23.0 Å². The normalized spacial score (nSPS) is 13.8. The first-order chi connectivity index (χ1) is 19.6. The van der Waals surface area contributed by atoms with Crippen LogP contribution in [0.4, 0.5) is 0 Å². The second-order valence-corrected chi connectivity index (χ2v) is 11.0. The number of carbonyl (C=O) groups excluding carboxylic acids is 2. The molecular formula is C34H60O6. The van der Waals surface area contributed by atoms with Gasteiger partial charge in [-0.3, -0.25) is 9.59 Å². The summed E-state index contributed by atoms with van der Waals surface area (Å²) < 4.78 is 23.9. The Kier molecular flexibility index (Phi) is 22.3. The maximum Gasteiger partial charge on any atom is 0.270 e. The molecule has 0 atom stereocenters. The molecule has 0 N–H and O–H groups in total. The molecule has 0 bridgehead atoms. The van der Waals surface area contributed by atoms with Crippen molar-refractivity contribution in [3.8, 4) is 0 Å². The Morgan fingerprint density at radius 2 is 0.525 bits per heavy atom. The molecule has 40 heavy (non-hydrogen) atoms. The molecule has 0 aromatic rings. The van der Waals surface area contributed by atoms with Crippen molar-refractivity contribution in [3.63, 3.8) is 0 Å². The highest BCUT2D eigenvalue weighted by molar-refractivity contribution is 6.21. The number of unbranched alkanes of at least 4 members (excludes halogenated alkanes) is 16. The van der Waals surface area contributed by atoms with E-state index in [0.29, 0.717) is 26.4 Å². The first kappa shape index (κ1) is 36.0. The molecule has 1 rings (SSSR count). The maximum atomic E-state index is 13.7. The van der Waals surface area contributed by atoms with Gasteiger partial charge in [-0.15, -0.1) is 0 Å². The zero-order valence-corrected chi connectivity index (χ0v) is 26.4. The average molecular weight is 565 g/mol. The largest absolute Gasteiger partial charge is 0.486 e. The van der Waals surface area contributed by atoms with Crippen LogP contribution < -0.4 is 0 Å². The van der Waals surface area contributed by atoms with E-state index in [4.69, 9.17) is 18.9 Å². The van der Waals surface area contributed by atoms with Crippen LogP contribution in [-0.2, 0) is 28.5 Å². The van der Waals surface area contributed by atoms with Gasteiger partial charge in [-0.05, 0) is 25.7 Å². The van der Waals surface area contributed by atoms with Gasteiger partial charge in [0, 0.05) is 0 Å². The fourth-order valence-corrected chi connectivity index (χ4v) is 4.66. The lowest BCUT2D eigenvalue weighted by atomic mass is 10.0. The summed E-state index contributed by atoms with van der Waals surface area (Å²) in [5.74, 6) is -0.890. The molecule has 0 amide bonds. The standard InChI is InChI=1S/C34H60O6/c1-5-9-13-17-21-25-37-31-29(35)33(39-27-23-19-15-11-7-3)34(40-28-24-20-16-12-8-4)30(36)32(31)38-26-22-18-14-10-6-2/h5-28H2,1-4H3. The van der Waals surface area contributed by atoms with E-state index in [-0.39, 0.29) is 23.0 Å². The van der Waals surface area contributed by atoms with E-state index < -0.39 is 11.6 Å². The van der Waals surface area contributed by atoms with Crippen LogP contribution >= 0.6 is 0 Å². The zero-order valence-electron chi connectivity index (χ0n) is 26.4. The highest BCUT2D eigenvalue weighted by Crippen LogP contribution is 2.29. The summed E-state index contributed by atoms with van der Waals surface area (Å²) in [7, 11) is 0. The van der Waals surface area contributed by atoms with Crippen molar-refractivity contribution in [1.82, 2.24) is 0 Å². The lowest BCUT2D eigenvalue weighted by molar-refractivity contribution is -0.127. The van der Waals surface area contributed by atoms with E-state index in [0.717, 1.165) is 77.0 Å². The average Bonchev–Trinajstić information content (AvgIpc) is 2.96. The number of rotatable bonds is 28. The number of carbonyl (C=O) groups is 2. The molecule has 0 saturated heterocycles. The van der Waals surface area contributed by atoms with Gasteiger partial charge in [0.1, 0.15) is 0 Å². The lowest BCUT2D eigenvalue weighted by Crippen LogP contribution is -2.30. The van der Waals surface area contributed by atoms with Crippen LogP contribution in [0.15, 0.2) is 23.0 Å². The van der Waals surface area contributed by atoms with Crippen molar-refractivity contribution < 1.29 is 28.5 Å². The van der Waals surface area contributed by atoms with Crippen molar-refractivity contribution >= 4 is 11.6 Å². The van der Waals surface area contributed by atoms with E-state index in [2.05, 4.69) is 27.7 Å². The molecule has 0 aromatic heterocycles. The molecule has 1 aliphatic rings. The van der Waals surface area contributed by atoms with Gasteiger partial charge in [0.25, 0.3) is 11.6 Å². The molecule has 0 radical (unpaired) electrons. The van der Waals surface area contributed by atoms with Gasteiger partial charge in [-0.1, -0.05) is 130 Å². The summed E-state index contributed by atoms with van der Waals surface area (Å²) in [6, 6.07) is 0. The molecule has 232 valence electrons. The predicted molar refractivity (Wildman–Crippen MR) is 163 cm³/mol. The highest BCUT2D eigenvalue weighted by atomic mass is 16.5. The Balaban J connectivity index is 3.01. The molecule has 0 spiro atoms. The predicted octanol–water partition coefficient (Wildman–Crippen LogP) is 9.51. The maximum absolute atomic E-state index is 13.7. The van der Waals surface area contributed by atoms with Crippen LogP contribution in [0.1, 0.15) is 156 Å². The van der Waals surface area contributed by atoms with Crippen LogP contribution in [0.5, 0.6) is 0 Å². The number of ether oxygens (including phenoxy) is 4. The van der Waals surface area contributed by atoms with Crippen LogP contribution in [0.25, 0.3) is 0 Å². The molecule has 0 saturated carbocycles. The second-order valence-electron chi connectivity index (χ2n) is 11.0. The summed E-state index contributed by atoms with van der Waals surface area (Å²) in [5.41, 5.74) is 0. The number of hydrogen-bond donors (Lipinski definition) is 0. The fraction of sp³-hybridized carbons (Fsp3) is 0.824. The Morgan fingerprint density at radius 1 is 0.325 bits per heavy atom. The molecule has 1 aliphatic carbocycles. The monoisotopic (exact) mass is 564 g/mol. The molecule has 0 aliphatic heterocycles. The van der Waals surface area contributed by atoms with Gasteiger partial charge in [0.15, 0.2) is 0 Å². The minimum absolute atomic E-state index is 0.00896. The molecule has 0 unspecified atom stereocenters. The summed E-state index contributed by atoms with van der Waals surface area (Å²) in [6.07, 6.45) is 21.4. The smallest absolute Gasteiger partial charge is 0.270 e. The molecule has 0 heterocycles. The molecule has 0 fully saturated rings. The third-order valence-electron chi connectivity index (χ3n) is 7.21. The Labute approximate surface area is 245 Å². The van der Waals surface area contributed by atoms with Crippen molar-refractivity contribution in [1.29, 1.82) is 0 Å². The number of Topliss-reactive ketones (excluding diaryl/α,β-unsaturated/α-hetero) is 2. The first-order valence-corrected chi connectivity index (χ1v) is 16.7. The van der Waals surface area contributed by atoms with Crippen LogP contribution in [0, 0.1) is 0 Å². The minimum Gasteiger partial charge on any atom is -0.486 e. The van der Waals surface area contributed by atoms with Gasteiger partial charge in [0.2, 0.25) is 23.0 Å². The first-order valence-electron chi connectivity index (χ1n) is 16.7. The summed E-state index contributed by atoms with van der Waals surface area (Å²) in [4.78, 5) is 27.4. The molecule has 0 aromatic carbocycles. The van der Waals surface area contributed by atoms with Crippen LogP contribution in [0.3, 0.4) is 0 Å². The summed E-state index contributed by atoms with van der Waals surface area (Å²) in [6.45, 7) is 10.2. The summed E-state index contributed by atoms with van der Waals surface area (Å²) in [5, 5.41) is 0. The van der Waals surface area contributed by atoms with Crippen LogP contribution in [0.2, 0.25) is 0 Å². The van der Waals surface area contributed by atoms with E-state index in [1.807, 2.05) is 0 Å².